The van der Waals surface area contributed by atoms with Gasteiger partial charge in [-0.05, 0) is 12.1 Å². The number of hydrogen-bond donors (Lipinski definition) is 1. The van der Waals surface area contributed by atoms with Gasteiger partial charge in [-0.1, -0.05) is 12.1 Å². The third kappa shape index (κ3) is 2.58. The fourth-order valence-electron chi connectivity index (χ4n) is 1.53. The van der Waals surface area contributed by atoms with E-state index >= 15 is 0 Å². The zero-order valence-corrected chi connectivity index (χ0v) is 8.46. The number of aliphatic hydroxyl groups excluding tert-OH is 1. The Labute approximate surface area is 93.5 Å². The molecule has 0 bridgehead atoms. The topological polar surface area (TPSA) is 33.4 Å². The van der Waals surface area contributed by atoms with Crippen LogP contribution in [0.2, 0.25) is 0 Å². The Kier molecular flexibility index (Phi) is 2.82. The SMILES string of the molecule is OC(CC(F)(F)F)c1cc2cccc(F)c2o1. The molecule has 1 unspecified atom stereocenters. The van der Waals surface area contributed by atoms with E-state index in [4.69, 9.17) is 4.42 Å². The summed E-state index contributed by atoms with van der Waals surface area (Å²) in [7, 11) is 0. The zero-order valence-electron chi connectivity index (χ0n) is 8.46. The van der Waals surface area contributed by atoms with Crippen LogP contribution in [-0.2, 0) is 0 Å². The number of aliphatic hydroxyl groups is 1. The van der Waals surface area contributed by atoms with E-state index in [0.29, 0.717) is 5.39 Å². The highest BCUT2D eigenvalue weighted by atomic mass is 19.4. The maximum Gasteiger partial charge on any atom is 0.392 e. The quantitative estimate of drug-likeness (QED) is 0.824. The first kappa shape index (κ1) is 11.9. The molecule has 92 valence electrons. The molecule has 1 aromatic carbocycles. The molecule has 0 fully saturated rings. The van der Waals surface area contributed by atoms with E-state index in [1.807, 2.05) is 0 Å². The van der Waals surface area contributed by atoms with Gasteiger partial charge >= 0.3 is 6.18 Å². The van der Waals surface area contributed by atoms with E-state index in [0.717, 1.165) is 6.07 Å². The van der Waals surface area contributed by atoms with Gasteiger partial charge in [0, 0.05) is 5.39 Å². The number of furan rings is 1. The minimum absolute atomic E-state index is 0.149. The monoisotopic (exact) mass is 248 g/mol. The predicted molar refractivity (Wildman–Crippen MR) is 51.8 cm³/mol. The van der Waals surface area contributed by atoms with Gasteiger partial charge in [-0.2, -0.15) is 13.2 Å². The second kappa shape index (κ2) is 4.03. The van der Waals surface area contributed by atoms with E-state index in [2.05, 4.69) is 0 Å². The molecule has 1 atom stereocenters. The molecular weight excluding hydrogens is 240 g/mol. The fourth-order valence-corrected chi connectivity index (χ4v) is 1.53. The van der Waals surface area contributed by atoms with E-state index < -0.39 is 24.5 Å². The van der Waals surface area contributed by atoms with Crippen LogP contribution >= 0.6 is 0 Å². The molecule has 17 heavy (non-hydrogen) atoms. The number of benzene rings is 1. The molecule has 1 heterocycles. The van der Waals surface area contributed by atoms with Crippen molar-refractivity contribution >= 4 is 11.0 Å². The Bertz CT molecular complexity index is 530. The molecule has 6 heteroatoms. The number of alkyl halides is 3. The van der Waals surface area contributed by atoms with Gasteiger partial charge in [-0.3, -0.25) is 0 Å². The highest BCUT2D eigenvalue weighted by molar-refractivity contribution is 5.78. The molecule has 0 aliphatic rings. The molecule has 0 amide bonds. The third-order valence-corrected chi connectivity index (χ3v) is 2.27. The van der Waals surface area contributed by atoms with Gasteiger partial charge in [-0.15, -0.1) is 0 Å². The summed E-state index contributed by atoms with van der Waals surface area (Å²) in [5.74, 6) is -0.963. The van der Waals surface area contributed by atoms with E-state index in [1.165, 1.54) is 18.2 Å². The Morgan fingerprint density at radius 2 is 2.00 bits per heavy atom. The minimum atomic E-state index is -4.50. The number of halogens is 4. The molecular formula is C11H8F4O2. The molecule has 2 nitrogen and oxygen atoms in total. The normalized spacial score (nSPS) is 14.2. The van der Waals surface area contributed by atoms with Crippen molar-refractivity contribution in [2.45, 2.75) is 18.7 Å². The van der Waals surface area contributed by atoms with Crippen LogP contribution in [0.4, 0.5) is 17.6 Å². The van der Waals surface area contributed by atoms with Gasteiger partial charge in [0.15, 0.2) is 11.4 Å². The molecule has 0 aliphatic carbocycles. The Morgan fingerprint density at radius 1 is 1.29 bits per heavy atom. The highest BCUT2D eigenvalue weighted by Crippen LogP contribution is 2.32. The van der Waals surface area contributed by atoms with Crippen LogP contribution in [0.3, 0.4) is 0 Å². The second-order valence-corrected chi connectivity index (χ2v) is 3.64. The lowest BCUT2D eigenvalue weighted by Gasteiger charge is -2.10. The van der Waals surface area contributed by atoms with Gasteiger partial charge in [-0.25, -0.2) is 4.39 Å². The van der Waals surface area contributed by atoms with Gasteiger partial charge in [0.05, 0.1) is 6.42 Å². The average molecular weight is 248 g/mol. The van der Waals surface area contributed by atoms with E-state index in [1.54, 1.807) is 0 Å². The second-order valence-electron chi connectivity index (χ2n) is 3.64. The van der Waals surface area contributed by atoms with Gasteiger partial charge < -0.3 is 9.52 Å². The first-order valence-electron chi connectivity index (χ1n) is 4.79. The Hall–Kier alpha value is -1.56. The maximum absolute atomic E-state index is 13.2. The summed E-state index contributed by atoms with van der Waals surface area (Å²) in [6.45, 7) is 0. The van der Waals surface area contributed by atoms with Crippen LogP contribution in [0.5, 0.6) is 0 Å². The van der Waals surface area contributed by atoms with Gasteiger partial charge in [0.2, 0.25) is 0 Å². The minimum Gasteiger partial charge on any atom is -0.455 e. The van der Waals surface area contributed by atoms with Crippen LogP contribution in [0.25, 0.3) is 11.0 Å². The van der Waals surface area contributed by atoms with Crippen molar-refractivity contribution in [1.29, 1.82) is 0 Å². The summed E-state index contributed by atoms with van der Waals surface area (Å²) in [6.07, 6.45) is -7.74. The van der Waals surface area contributed by atoms with E-state index in [9.17, 15) is 22.7 Å². The third-order valence-electron chi connectivity index (χ3n) is 2.27. The lowest BCUT2D eigenvalue weighted by Crippen LogP contribution is -2.13. The number of rotatable bonds is 2. The summed E-state index contributed by atoms with van der Waals surface area (Å²) in [5, 5.41) is 9.63. The van der Waals surface area contributed by atoms with Crippen molar-refractivity contribution in [3.8, 4) is 0 Å². The smallest absolute Gasteiger partial charge is 0.392 e. The zero-order chi connectivity index (χ0) is 12.6. The molecule has 0 saturated heterocycles. The summed E-state index contributed by atoms with van der Waals surface area (Å²) in [5.41, 5.74) is -0.149. The van der Waals surface area contributed by atoms with Crippen molar-refractivity contribution in [2.24, 2.45) is 0 Å². The maximum atomic E-state index is 13.2. The standard InChI is InChI=1S/C11H8F4O2/c12-7-3-1-2-6-4-9(17-10(6)7)8(16)5-11(13,14)15/h1-4,8,16H,5H2. The lowest BCUT2D eigenvalue weighted by molar-refractivity contribution is -0.156. The number of fused-ring (bicyclic) bond motifs is 1. The number of hydrogen-bond acceptors (Lipinski definition) is 2. The van der Waals surface area contributed by atoms with E-state index in [-0.39, 0.29) is 11.3 Å². The van der Waals surface area contributed by atoms with Gasteiger partial charge in [0.25, 0.3) is 0 Å². The van der Waals surface area contributed by atoms with Crippen LogP contribution in [0.15, 0.2) is 28.7 Å². The Morgan fingerprint density at radius 3 is 2.59 bits per heavy atom. The summed E-state index contributed by atoms with van der Waals surface area (Å²) in [6, 6.07) is 5.24. The fraction of sp³-hybridized carbons (Fsp3) is 0.273. The molecule has 2 rings (SSSR count). The summed E-state index contributed by atoms with van der Waals surface area (Å²) in [4.78, 5) is 0. The molecule has 0 aliphatic heterocycles. The van der Waals surface area contributed by atoms with Crippen molar-refractivity contribution in [1.82, 2.24) is 0 Å². The van der Waals surface area contributed by atoms with Gasteiger partial charge in [0.1, 0.15) is 11.9 Å². The molecule has 0 radical (unpaired) electrons. The lowest BCUT2D eigenvalue weighted by atomic mass is 10.2. The molecule has 1 N–H and O–H groups in total. The van der Waals surface area contributed by atoms with Crippen molar-refractivity contribution in [2.75, 3.05) is 0 Å². The van der Waals surface area contributed by atoms with Crippen molar-refractivity contribution in [3.63, 3.8) is 0 Å². The van der Waals surface area contributed by atoms with Crippen LogP contribution in [0.1, 0.15) is 18.3 Å². The molecule has 1 aromatic heterocycles. The average Bonchev–Trinajstić information content (AvgIpc) is 2.60. The first-order valence-corrected chi connectivity index (χ1v) is 4.79. The summed E-state index contributed by atoms with van der Waals surface area (Å²) < 4.78 is 54.2. The molecule has 0 saturated carbocycles. The molecule has 0 spiro atoms. The highest BCUT2D eigenvalue weighted by Gasteiger charge is 2.33. The number of para-hydroxylation sites is 1. The Balaban J connectivity index is 2.34. The van der Waals surface area contributed by atoms with Crippen molar-refractivity contribution < 1.29 is 27.1 Å². The van der Waals surface area contributed by atoms with Crippen molar-refractivity contribution in [3.05, 3.63) is 35.8 Å². The first-order chi connectivity index (χ1) is 7.87. The van der Waals surface area contributed by atoms with Crippen LogP contribution < -0.4 is 0 Å². The molecule has 2 aromatic rings. The summed E-state index contributed by atoms with van der Waals surface area (Å²) >= 11 is 0. The largest absolute Gasteiger partial charge is 0.455 e. The predicted octanol–water partition coefficient (Wildman–Crippen LogP) is 3.56. The van der Waals surface area contributed by atoms with Crippen LogP contribution in [0, 0.1) is 5.82 Å². The van der Waals surface area contributed by atoms with Crippen LogP contribution in [-0.4, -0.2) is 11.3 Å².